The van der Waals surface area contributed by atoms with Gasteiger partial charge in [0, 0.05) is 30.9 Å². The molecule has 0 fully saturated rings. The first kappa shape index (κ1) is 26.7. The number of aryl methyl sites for hydroxylation is 1. The Labute approximate surface area is 209 Å². The summed E-state index contributed by atoms with van der Waals surface area (Å²) >= 11 is 0. The van der Waals surface area contributed by atoms with Crippen LogP contribution in [0.1, 0.15) is 36.8 Å². The first-order valence-corrected chi connectivity index (χ1v) is 14.5. The highest BCUT2D eigenvalue weighted by atomic mass is 32.2. The van der Waals surface area contributed by atoms with Gasteiger partial charge < -0.3 is 4.57 Å². The van der Waals surface area contributed by atoms with Crippen LogP contribution in [-0.2, 0) is 32.8 Å². The molecule has 0 spiro atoms. The summed E-state index contributed by atoms with van der Waals surface area (Å²) in [5, 5.41) is 3.67. The van der Waals surface area contributed by atoms with Crippen LogP contribution in [0.15, 0.2) is 33.9 Å². The fourth-order valence-electron chi connectivity index (χ4n) is 3.62. The number of carbonyl (C=O) groups excluding carboxylic acids is 1. The van der Waals surface area contributed by atoms with Gasteiger partial charge in [0.2, 0.25) is 0 Å². The van der Waals surface area contributed by atoms with Gasteiger partial charge in [-0.05, 0) is 12.1 Å². The molecular weight excluding hydrogens is 535 g/mol. The van der Waals surface area contributed by atoms with E-state index in [2.05, 4.69) is 24.4 Å². The third-order valence-electron chi connectivity index (χ3n) is 5.79. The molecule has 0 bridgehead atoms. The smallest absolute Gasteiger partial charge is 0.312 e. The number of carbonyl (C=O) groups is 1. The van der Waals surface area contributed by atoms with Gasteiger partial charge in [-0.1, -0.05) is 20.8 Å². The topological polar surface area (TPSA) is 142 Å². The summed E-state index contributed by atoms with van der Waals surface area (Å²) in [7, 11) is -5.41. The van der Waals surface area contributed by atoms with E-state index in [1.54, 1.807) is 13.8 Å². The van der Waals surface area contributed by atoms with Crippen LogP contribution in [0.25, 0.3) is 28.2 Å². The van der Waals surface area contributed by atoms with Crippen molar-refractivity contribution in [2.45, 2.75) is 32.0 Å². The number of hydrogen-bond donors (Lipinski definition) is 0. The summed E-state index contributed by atoms with van der Waals surface area (Å²) in [6.45, 7) is 4.65. The van der Waals surface area contributed by atoms with Gasteiger partial charge in [-0.2, -0.15) is 22.6 Å². The number of imidazole rings is 1. The molecule has 4 aromatic heterocycles. The van der Waals surface area contributed by atoms with Crippen LogP contribution < -0.4 is 0 Å². The number of sulfone groups is 1. The van der Waals surface area contributed by atoms with Crippen LogP contribution in [-0.4, -0.2) is 64.9 Å². The van der Waals surface area contributed by atoms with Crippen molar-refractivity contribution >= 4 is 42.3 Å². The minimum atomic E-state index is -4.66. The molecule has 0 unspecified atom stereocenters. The molecule has 198 valence electrons. The van der Waals surface area contributed by atoms with E-state index in [4.69, 9.17) is 0 Å². The zero-order chi connectivity index (χ0) is 27.3. The highest BCUT2D eigenvalue weighted by Crippen LogP contribution is 2.35. The molecule has 0 saturated heterocycles. The third-order valence-corrected chi connectivity index (χ3v) is 9.73. The van der Waals surface area contributed by atoms with Crippen molar-refractivity contribution in [2.75, 3.05) is 17.3 Å². The second-order valence-corrected chi connectivity index (χ2v) is 13.0. The van der Waals surface area contributed by atoms with E-state index in [9.17, 15) is 30.6 Å². The second kappa shape index (κ2) is 9.16. The zero-order valence-electron chi connectivity index (χ0n) is 20.1. The normalized spacial score (nSPS) is 12.9. The van der Waals surface area contributed by atoms with Crippen molar-refractivity contribution in [1.29, 1.82) is 0 Å². The SMILES string of the molecule is CCS(=O)(=O)c1nn2c(C(=O)N=S(=O)(CC)CC)ccnc2c1-c1nc2cc(C(F)(F)F)cnc2n1C. The molecule has 0 saturated carbocycles. The number of nitrogens with zero attached hydrogens (tertiary/aromatic N) is 7. The summed E-state index contributed by atoms with van der Waals surface area (Å²) < 4.78 is 84.6. The molecule has 4 aromatic rings. The summed E-state index contributed by atoms with van der Waals surface area (Å²) in [6, 6.07) is 2.06. The Morgan fingerprint density at radius 2 is 1.73 bits per heavy atom. The Morgan fingerprint density at radius 1 is 1.05 bits per heavy atom. The Kier molecular flexibility index (Phi) is 6.60. The van der Waals surface area contributed by atoms with E-state index < -0.39 is 42.2 Å². The van der Waals surface area contributed by atoms with Crippen LogP contribution in [0.2, 0.25) is 0 Å². The van der Waals surface area contributed by atoms with E-state index in [0.29, 0.717) is 6.20 Å². The number of aromatic nitrogens is 6. The molecule has 0 radical (unpaired) electrons. The van der Waals surface area contributed by atoms with Gasteiger partial charge in [0.15, 0.2) is 26.2 Å². The molecule has 0 aliphatic rings. The molecule has 16 heteroatoms. The summed E-state index contributed by atoms with van der Waals surface area (Å²) in [6.07, 6.45) is -2.77. The molecule has 0 aromatic carbocycles. The summed E-state index contributed by atoms with van der Waals surface area (Å²) in [5.74, 6) is -1.04. The number of hydrogen-bond acceptors (Lipinski definition) is 8. The maximum Gasteiger partial charge on any atom is 0.417 e. The zero-order valence-corrected chi connectivity index (χ0v) is 21.8. The lowest BCUT2D eigenvalue weighted by atomic mass is 10.2. The van der Waals surface area contributed by atoms with Crippen LogP contribution >= 0.6 is 0 Å². The lowest BCUT2D eigenvalue weighted by Gasteiger charge is -2.05. The van der Waals surface area contributed by atoms with Gasteiger partial charge in [-0.15, -0.1) is 0 Å². The lowest BCUT2D eigenvalue weighted by Crippen LogP contribution is -2.13. The highest BCUT2D eigenvalue weighted by Gasteiger charge is 2.33. The maximum absolute atomic E-state index is 13.2. The number of alkyl halides is 3. The molecule has 11 nitrogen and oxygen atoms in total. The molecule has 0 atom stereocenters. The molecule has 4 heterocycles. The van der Waals surface area contributed by atoms with Gasteiger partial charge >= 0.3 is 12.1 Å². The third kappa shape index (κ3) is 4.58. The number of amides is 1. The largest absolute Gasteiger partial charge is 0.417 e. The Morgan fingerprint density at radius 3 is 2.32 bits per heavy atom. The van der Waals surface area contributed by atoms with Crippen molar-refractivity contribution < 1.29 is 30.6 Å². The van der Waals surface area contributed by atoms with Crippen molar-refractivity contribution in [2.24, 2.45) is 11.4 Å². The standard InChI is InChI=1S/C21H22F3N7O4S2/c1-5-36(33,6-2)29-19(32)14-8-9-25-17-15(20(28-31(14)17)37(34,35)7-3)18-27-13-10-12(21(22,23)24)11-26-16(13)30(18)4/h8-11H,5-7H2,1-4H3. The van der Waals surface area contributed by atoms with Crippen LogP contribution in [0.4, 0.5) is 13.2 Å². The monoisotopic (exact) mass is 557 g/mol. The Bertz CT molecular complexity index is 1770. The van der Waals surface area contributed by atoms with Gasteiger partial charge in [0.05, 0.1) is 21.0 Å². The maximum atomic E-state index is 13.2. The van der Waals surface area contributed by atoms with Crippen molar-refractivity contribution in [3.05, 3.63) is 35.8 Å². The van der Waals surface area contributed by atoms with Crippen LogP contribution in [0.3, 0.4) is 0 Å². The molecule has 37 heavy (non-hydrogen) atoms. The average Bonchev–Trinajstić information content (AvgIpc) is 3.41. The molecule has 0 aliphatic carbocycles. The molecule has 0 aliphatic heterocycles. The van der Waals surface area contributed by atoms with Crippen molar-refractivity contribution in [1.82, 2.24) is 29.1 Å². The summed E-state index contributed by atoms with van der Waals surface area (Å²) in [4.78, 5) is 25.3. The minimum Gasteiger partial charge on any atom is -0.312 e. The Balaban J connectivity index is 2.06. The number of rotatable bonds is 6. The number of pyridine rings is 1. The fraction of sp³-hybridized carbons (Fsp3) is 0.381. The van der Waals surface area contributed by atoms with Crippen LogP contribution in [0, 0.1) is 0 Å². The predicted molar refractivity (Wildman–Crippen MR) is 129 cm³/mol. The quantitative estimate of drug-likeness (QED) is 0.352. The van der Waals surface area contributed by atoms with Crippen molar-refractivity contribution in [3.63, 3.8) is 0 Å². The molecule has 0 N–H and O–H groups in total. The predicted octanol–water partition coefficient (Wildman–Crippen LogP) is 3.14. The van der Waals surface area contributed by atoms with Gasteiger partial charge in [0.25, 0.3) is 0 Å². The Hall–Kier alpha value is -3.40. The van der Waals surface area contributed by atoms with Gasteiger partial charge in [0.1, 0.15) is 22.6 Å². The second-order valence-electron chi connectivity index (χ2n) is 7.95. The number of halogens is 3. The van der Waals surface area contributed by atoms with Gasteiger partial charge in [-0.3, -0.25) is 4.79 Å². The van der Waals surface area contributed by atoms with E-state index in [1.165, 1.54) is 30.8 Å². The molecule has 1 amide bonds. The van der Waals surface area contributed by atoms with Gasteiger partial charge in [-0.25, -0.2) is 32.1 Å². The van der Waals surface area contributed by atoms with Crippen molar-refractivity contribution in [3.8, 4) is 11.4 Å². The number of fused-ring (bicyclic) bond motifs is 2. The molecule has 4 rings (SSSR count). The van der Waals surface area contributed by atoms with E-state index in [1.807, 2.05) is 0 Å². The van der Waals surface area contributed by atoms with E-state index >= 15 is 0 Å². The minimum absolute atomic E-state index is 0.0649. The first-order chi connectivity index (χ1) is 17.3. The highest BCUT2D eigenvalue weighted by molar-refractivity contribution is 7.93. The summed E-state index contributed by atoms with van der Waals surface area (Å²) in [5.41, 5.74) is -1.47. The lowest BCUT2D eigenvalue weighted by molar-refractivity contribution is -0.137. The first-order valence-electron chi connectivity index (χ1n) is 11.0. The van der Waals surface area contributed by atoms with E-state index in [0.717, 1.165) is 10.6 Å². The fourth-order valence-corrected chi connectivity index (χ4v) is 5.66. The van der Waals surface area contributed by atoms with E-state index in [-0.39, 0.29) is 51.2 Å². The van der Waals surface area contributed by atoms with Crippen LogP contribution in [0.5, 0.6) is 0 Å². The molecular formula is C21H22F3N7O4S2. The average molecular weight is 558 g/mol.